The second kappa shape index (κ2) is 7.30. The van der Waals surface area contributed by atoms with Crippen LogP contribution in [0.2, 0.25) is 0 Å². The Labute approximate surface area is 156 Å². The zero-order valence-electron chi connectivity index (χ0n) is 13.2. The topological polar surface area (TPSA) is 41.6 Å². The van der Waals surface area contributed by atoms with E-state index >= 15 is 0 Å². The van der Waals surface area contributed by atoms with Crippen molar-refractivity contribution < 1.29 is 9.53 Å². The highest BCUT2D eigenvalue weighted by molar-refractivity contribution is 9.10. The van der Waals surface area contributed by atoms with Crippen LogP contribution in [0.5, 0.6) is 5.75 Å². The van der Waals surface area contributed by atoms with Crippen LogP contribution in [0.25, 0.3) is 10.8 Å². The van der Waals surface area contributed by atoms with Crippen LogP contribution in [0.1, 0.15) is 0 Å². The van der Waals surface area contributed by atoms with Gasteiger partial charge in [0.05, 0.1) is 0 Å². The van der Waals surface area contributed by atoms with Crippen LogP contribution in [-0.2, 0) is 4.79 Å². The molecule has 2 aromatic carbocycles. The lowest BCUT2D eigenvalue weighted by Crippen LogP contribution is -2.35. The van der Waals surface area contributed by atoms with Crippen LogP contribution in [-0.4, -0.2) is 43.6 Å². The molecule has 128 valence electrons. The molecule has 0 aromatic heterocycles. The smallest absolute Gasteiger partial charge is 0.260 e. The molecule has 2 aliphatic heterocycles. The van der Waals surface area contributed by atoms with Crippen LogP contribution < -0.4 is 10.1 Å². The molecule has 24 heavy (non-hydrogen) atoms. The van der Waals surface area contributed by atoms with Crippen LogP contribution in [0.4, 0.5) is 0 Å². The first-order chi connectivity index (χ1) is 11.2. The van der Waals surface area contributed by atoms with Crippen molar-refractivity contribution in [3.8, 4) is 5.75 Å². The number of carbonyl (C=O) groups is 1. The van der Waals surface area contributed by atoms with Gasteiger partial charge >= 0.3 is 0 Å². The standard InChI is InChI=1S/C18H19BrN2O2.ClH/c19-16-3-1-13-6-17(4-2-12(13)5-16)23-11-18(22)21-9-14-7-20-8-15(14)10-21;/h1-6,14-15,20H,7-11H2;1H/t14-,15+;. The van der Waals surface area contributed by atoms with E-state index in [1.54, 1.807) is 0 Å². The van der Waals surface area contributed by atoms with Gasteiger partial charge in [0.2, 0.25) is 0 Å². The molecule has 0 saturated carbocycles. The Hall–Kier alpha value is -1.30. The fourth-order valence-corrected chi connectivity index (χ4v) is 3.96. The van der Waals surface area contributed by atoms with Gasteiger partial charge in [0.15, 0.2) is 6.61 Å². The molecule has 1 N–H and O–H groups in total. The van der Waals surface area contributed by atoms with E-state index in [0.29, 0.717) is 11.8 Å². The lowest BCUT2D eigenvalue weighted by molar-refractivity contribution is -0.132. The van der Waals surface area contributed by atoms with E-state index in [1.165, 1.54) is 0 Å². The summed E-state index contributed by atoms with van der Waals surface area (Å²) < 4.78 is 6.78. The van der Waals surface area contributed by atoms with E-state index in [0.717, 1.165) is 47.2 Å². The molecule has 2 heterocycles. The number of hydrogen-bond donors (Lipinski definition) is 1. The predicted molar refractivity (Wildman–Crippen MR) is 101 cm³/mol. The number of nitrogens with zero attached hydrogens (tertiary/aromatic N) is 1. The summed E-state index contributed by atoms with van der Waals surface area (Å²) >= 11 is 3.47. The number of likely N-dealkylation sites (tertiary alicyclic amines) is 1. The van der Waals surface area contributed by atoms with Gasteiger partial charge in [-0.3, -0.25) is 4.79 Å². The maximum Gasteiger partial charge on any atom is 0.260 e. The minimum atomic E-state index is 0. The Morgan fingerprint density at radius 1 is 1.12 bits per heavy atom. The first kappa shape index (κ1) is 17.5. The number of hydrogen-bond acceptors (Lipinski definition) is 3. The van der Waals surface area contributed by atoms with Gasteiger partial charge in [-0.05, 0) is 46.9 Å². The molecule has 2 fully saturated rings. The second-order valence-corrected chi connectivity index (χ2v) is 7.33. The lowest BCUT2D eigenvalue weighted by Gasteiger charge is -2.17. The third-order valence-electron chi connectivity index (χ3n) is 4.88. The van der Waals surface area contributed by atoms with Crippen molar-refractivity contribution in [2.75, 3.05) is 32.8 Å². The molecule has 6 heteroatoms. The van der Waals surface area contributed by atoms with Gasteiger partial charge in [-0.25, -0.2) is 0 Å². The molecule has 2 atom stereocenters. The number of fused-ring (bicyclic) bond motifs is 2. The van der Waals surface area contributed by atoms with Gasteiger partial charge in [0.25, 0.3) is 5.91 Å². The summed E-state index contributed by atoms with van der Waals surface area (Å²) in [4.78, 5) is 14.3. The number of rotatable bonds is 3. The van der Waals surface area contributed by atoms with Crippen LogP contribution >= 0.6 is 28.3 Å². The van der Waals surface area contributed by atoms with E-state index < -0.39 is 0 Å². The van der Waals surface area contributed by atoms with Crippen molar-refractivity contribution in [2.24, 2.45) is 11.8 Å². The minimum Gasteiger partial charge on any atom is -0.484 e. The fourth-order valence-electron chi connectivity index (χ4n) is 3.58. The zero-order chi connectivity index (χ0) is 15.8. The van der Waals surface area contributed by atoms with Crippen molar-refractivity contribution in [1.29, 1.82) is 0 Å². The predicted octanol–water partition coefficient (Wildman–Crippen LogP) is 3.08. The van der Waals surface area contributed by atoms with Crippen LogP contribution in [0, 0.1) is 11.8 Å². The molecule has 4 rings (SSSR count). The second-order valence-electron chi connectivity index (χ2n) is 6.42. The summed E-state index contributed by atoms with van der Waals surface area (Å²) in [6.07, 6.45) is 0. The van der Waals surface area contributed by atoms with E-state index in [1.807, 2.05) is 35.2 Å². The number of nitrogens with one attached hydrogen (secondary N) is 1. The fraction of sp³-hybridized carbons (Fsp3) is 0.389. The highest BCUT2D eigenvalue weighted by Crippen LogP contribution is 2.27. The summed E-state index contributed by atoms with van der Waals surface area (Å²) in [7, 11) is 0. The average molecular weight is 412 g/mol. The molecule has 1 amide bonds. The highest BCUT2D eigenvalue weighted by atomic mass is 79.9. The molecule has 0 aliphatic carbocycles. The molecule has 0 radical (unpaired) electrons. The Bertz CT molecular complexity index is 743. The molecule has 2 aliphatic rings. The van der Waals surface area contributed by atoms with Gasteiger partial charge < -0.3 is 15.0 Å². The summed E-state index contributed by atoms with van der Waals surface area (Å²) in [6.45, 7) is 3.93. The SMILES string of the molecule is Cl.O=C(COc1ccc2cc(Br)ccc2c1)N1C[C@H]2CNC[C@H]2C1. The molecule has 0 spiro atoms. The third kappa shape index (κ3) is 3.53. The zero-order valence-corrected chi connectivity index (χ0v) is 15.6. The van der Waals surface area contributed by atoms with Crippen LogP contribution in [0.3, 0.4) is 0 Å². The van der Waals surface area contributed by atoms with E-state index in [2.05, 4.69) is 27.3 Å². The van der Waals surface area contributed by atoms with Gasteiger partial charge in [-0.2, -0.15) is 0 Å². The lowest BCUT2D eigenvalue weighted by atomic mass is 10.0. The Balaban J connectivity index is 0.00000169. The molecular formula is C18H20BrClN2O2. The maximum atomic E-state index is 12.3. The van der Waals surface area contributed by atoms with Crippen LogP contribution in [0.15, 0.2) is 40.9 Å². The molecule has 4 nitrogen and oxygen atoms in total. The molecule has 0 unspecified atom stereocenters. The first-order valence-electron chi connectivity index (χ1n) is 8.00. The average Bonchev–Trinajstić information content (AvgIpc) is 3.14. The van der Waals surface area contributed by atoms with Gasteiger partial charge in [0.1, 0.15) is 5.75 Å². The summed E-state index contributed by atoms with van der Waals surface area (Å²) in [5.74, 6) is 2.08. The van der Waals surface area contributed by atoms with E-state index in [9.17, 15) is 4.79 Å². The maximum absolute atomic E-state index is 12.3. The van der Waals surface area contributed by atoms with Gasteiger partial charge in [-0.15, -0.1) is 12.4 Å². The molecular weight excluding hydrogens is 392 g/mol. The quantitative estimate of drug-likeness (QED) is 0.844. The Morgan fingerprint density at radius 3 is 2.54 bits per heavy atom. The Morgan fingerprint density at radius 2 is 1.79 bits per heavy atom. The van der Waals surface area contributed by atoms with Crippen molar-refractivity contribution in [1.82, 2.24) is 10.2 Å². The first-order valence-corrected chi connectivity index (χ1v) is 8.79. The number of ether oxygens (including phenoxy) is 1. The van der Waals surface area contributed by atoms with Crippen molar-refractivity contribution in [3.63, 3.8) is 0 Å². The van der Waals surface area contributed by atoms with Gasteiger partial charge in [-0.1, -0.05) is 28.1 Å². The minimum absolute atomic E-state index is 0. The van der Waals surface area contributed by atoms with Crippen molar-refractivity contribution >= 4 is 45.0 Å². The normalized spacial score (nSPS) is 22.3. The van der Waals surface area contributed by atoms with E-state index in [-0.39, 0.29) is 24.9 Å². The summed E-state index contributed by atoms with van der Waals surface area (Å²) in [6, 6.07) is 12.0. The third-order valence-corrected chi connectivity index (χ3v) is 5.37. The highest BCUT2D eigenvalue weighted by Gasteiger charge is 2.37. The summed E-state index contributed by atoms with van der Waals surface area (Å²) in [5, 5.41) is 5.65. The number of benzene rings is 2. The molecule has 2 aromatic rings. The summed E-state index contributed by atoms with van der Waals surface area (Å²) in [5.41, 5.74) is 0. The largest absolute Gasteiger partial charge is 0.484 e. The number of halogens is 2. The van der Waals surface area contributed by atoms with Gasteiger partial charge in [0, 0.05) is 30.7 Å². The monoisotopic (exact) mass is 410 g/mol. The van der Waals surface area contributed by atoms with Crippen molar-refractivity contribution in [3.05, 3.63) is 40.9 Å². The molecule has 2 saturated heterocycles. The Kier molecular flexibility index (Phi) is 5.33. The van der Waals surface area contributed by atoms with E-state index in [4.69, 9.17) is 4.74 Å². The van der Waals surface area contributed by atoms with Crippen molar-refractivity contribution in [2.45, 2.75) is 0 Å². The number of carbonyl (C=O) groups excluding carboxylic acids is 1. The molecule has 0 bridgehead atoms. The number of amides is 1.